The van der Waals surface area contributed by atoms with Crippen molar-refractivity contribution >= 4 is 0 Å². The Morgan fingerprint density at radius 2 is 0.913 bits per heavy atom. The monoisotopic (exact) mass is 366 g/mol. The molecule has 2 unspecified atom stereocenters. The van der Waals surface area contributed by atoms with E-state index < -0.39 is 48.4 Å². The fraction of sp³-hybridized carbons (Fsp3) is 0.500. The van der Waals surface area contributed by atoms with Gasteiger partial charge in [0.1, 0.15) is 0 Å². The molecule has 132 valence electrons. The highest BCUT2D eigenvalue weighted by Crippen LogP contribution is 2.54. The molecule has 2 saturated heterocycles. The Balaban J connectivity index is 2.37. The van der Waals surface area contributed by atoms with Crippen LogP contribution in [0.3, 0.4) is 0 Å². The van der Waals surface area contributed by atoms with Crippen LogP contribution in [-0.2, 0) is 23.7 Å². The zero-order valence-corrected chi connectivity index (χ0v) is 9.82. The largest absolute Gasteiger partial charge is 0.505 e. The summed E-state index contributed by atoms with van der Waals surface area (Å²) in [5.41, 5.74) is 0. The first kappa shape index (κ1) is 17.3. The Morgan fingerprint density at radius 3 is 1.13 bits per heavy atom. The van der Waals surface area contributed by atoms with Gasteiger partial charge < -0.3 is 18.9 Å². The van der Waals surface area contributed by atoms with Gasteiger partial charge in [0.25, 0.3) is 0 Å². The van der Waals surface area contributed by atoms with E-state index in [9.17, 15) is 43.9 Å². The summed E-state index contributed by atoms with van der Waals surface area (Å²) < 4.78 is 143. The molecular formula is C8F10O5. The van der Waals surface area contributed by atoms with E-state index in [1.165, 1.54) is 0 Å². The molecule has 0 bridgehead atoms. The molecule has 0 N–H and O–H groups in total. The zero-order valence-electron chi connectivity index (χ0n) is 9.82. The SMILES string of the molecule is FC(F)=C1OC(F)(F)C(F)(OC2(F)OC(=C(F)F)OC2(F)F)O1. The quantitative estimate of drug-likeness (QED) is 0.699. The van der Waals surface area contributed by atoms with E-state index in [0.29, 0.717) is 0 Å². The van der Waals surface area contributed by atoms with Crippen LogP contribution in [0.15, 0.2) is 24.1 Å². The molecule has 2 fully saturated rings. The van der Waals surface area contributed by atoms with Crippen molar-refractivity contribution in [2.45, 2.75) is 24.3 Å². The first-order valence-corrected chi connectivity index (χ1v) is 4.93. The number of ether oxygens (including phenoxy) is 5. The van der Waals surface area contributed by atoms with Crippen molar-refractivity contribution in [3.05, 3.63) is 24.1 Å². The van der Waals surface area contributed by atoms with E-state index in [4.69, 9.17) is 0 Å². The summed E-state index contributed by atoms with van der Waals surface area (Å²) in [7, 11) is 0. The second-order valence-electron chi connectivity index (χ2n) is 3.71. The van der Waals surface area contributed by atoms with Gasteiger partial charge in [0.05, 0.1) is 0 Å². The molecule has 23 heavy (non-hydrogen) atoms. The van der Waals surface area contributed by atoms with Gasteiger partial charge in [-0.1, -0.05) is 0 Å². The third-order valence-corrected chi connectivity index (χ3v) is 2.16. The van der Waals surface area contributed by atoms with Crippen LogP contribution >= 0.6 is 0 Å². The van der Waals surface area contributed by atoms with Crippen molar-refractivity contribution in [1.29, 1.82) is 0 Å². The van der Waals surface area contributed by atoms with Gasteiger partial charge >= 0.3 is 48.4 Å². The Morgan fingerprint density at radius 1 is 0.609 bits per heavy atom. The van der Waals surface area contributed by atoms with Gasteiger partial charge in [0.15, 0.2) is 0 Å². The molecule has 0 amide bonds. The molecule has 0 aromatic heterocycles. The normalized spacial score (nSPS) is 34.3. The van der Waals surface area contributed by atoms with Crippen molar-refractivity contribution < 1.29 is 67.6 Å². The third-order valence-electron chi connectivity index (χ3n) is 2.16. The summed E-state index contributed by atoms with van der Waals surface area (Å²) in [4.78, 5) is 0. The molecule has 0 radical (unpaired) electrons. The summed E-state index contributed by atoms with van der Waals surface area (Å²) in [6, 6.07) is -10.8. The number of hydrogen-bond donors (Lipinski definition) is 0. The van der Waals surface area contributed by atoms with Crippen LogP contribution in [0.5, 0.6) is 0 Å². The molecule has 2 rings (SSSR count). The summed E-state index contributed by atoms with van der Waals surface area (Å²) in [6.07, 6.45) is -17.5. The van der Waals surface area contributed by atoms with Crippen LogP contribution in [0, 0.1) is 0 Å². The van der Waals surface area contributed by atoms with E-state index in [-0.39, 0.29) is 0 Å². The van der Waals surface area contributed by atoms with Crippen molar-refractivity contribution in [1.82, 2.24) is 0 Å². The van der Waals surface area contributed by atoms with Crippen molar-refractivity contribution in [2.75, 3.05) is 0 Å². The van der Waals surface area contributed by atoms with E-state index >= 15 is 0 Å². The molecule has 15 heteroatoms. The predicted molar refractivity (Wildman–Crippen MR) is 41.5 cm³/mol. The highest BCUT2D eigenvalue weighted by molar-refractivity contribution is 4.98. The lowest BCUT2D eigenvalue weighted by molar-refractivity contribution is -0.508. The molecule has 2 aliphatic heterocycles. The lowest BCUT2D eigenvalue weighted by Gasteiger charge is -2.28. The van der Waals surface area contributed by atoms with Gasteiger partial charge in [-0.25, -0.2) is 4.74 Å². The molecule has 2 aliphatic rings. The summed E-state index contributed by atoms with van der Waals surface area (Å²) in [5, 5.41) is 0. The maximum absolute atomic E-state index is 13.7. The zero-order chi connectivity index (χ0) is 17.8. The first-order valence-electron chi connectivity index (χ1n) is 4.93. The van der Waals surface area contributed by atoms with Crippen molar-refractivity contribution in [2.24, 2.45) is 0 Å². The third kappa shape index (κ3) is 2.57. The average Bonchev–Trinajstić information content (AvgIpc) is 2.71. The van der Waals surface area contributed by atoms with Gasteiger partial charge in [0, 0.05) is 0 Å². The van der Waals surface area contributed by atoms with Crippen LogP contribution in [0.2, 0.25) is 0 Å². The van der Waals surface area contributed by atoms with Crippen LogP contribution in [0.25, 0.3) is 0 Å². The van der Waals surface area contributed by atoms with E-state index in [1.54, 1.807) is 0 Å². The first-order chi connectivity index (χ1) is 10.2. The number of halogens is 10. The minimum atomic E-state index is -5.58. The number of rotatable bonds is 2. The topological polar surface area (TPSA) is 46.2 Å². The summed E-state index contributed by atoms with van der Waals surface area (Å²) in [5.74, 6) is -5.04. The van der Waals surface area contributed by atoms with Crippen molar-refractivity contribution in [3.8, 4) is 0 Å². The predicted octanol–water partition coefficient (Wildman–Crippen LogP) is 3.66. The Kier molecular flexibility index (Phi) is 3.55. The summed E-state index contributed by atoms with van der Waals surface area (Å²) >= 11 is 0. The molecule has 0 saturated carbocycles. The van der Waals surface area contributed by atoms with Gasteiger partial charge in [-0.05, 0) is 0 Å². The fourth-order valence-electron chi connectivity index (χ4n) is 1.24. The molecule has 0 aromatic carbocycles. The van der Waals surface area contributed by atoms with E-state index in [2.05, 4.69) is 23.7 Å². The lowest BCUT2D eigenvalue weighted by Crippen LogP contribution is -2.55. The van der Waals surface area contributed by atoms with Gasteiger partial charge in [0.2, 0.25) is 0 Å². The van der Waals surface area contributed by atoms with Crippen LogP contribution in [-0.4, -0.2) is 24.3 Å². The molecule has 2 heterocycles. The fourth-order valence-corrected chi connectivity index (χ4v) is 1.24. The van der Waals surface area contributed by atoms with E-state index in [1.807, 2.05) is 0 Å². The molecule has 0 spiro atoms. The molecule has 5 nitrogen and oxygen atoms in total. The van der Waals surface area contributed by atoms with Crippen LogP contribution in [0.4, 0.5) is 43.9 Å². The average molecular weight is 366 g/mol. The number of hydrogen-bond acceptors (Lipinski definition) is 5. The Labute approximate surface area is 117 Å². The second kappa shape index (κ2) is 4.72. The molecule has 0 aliphatic carbocycles. The van der Waals surface area contributed by atoms with E-state index in [0.717, 1.165) is 0 Å². The van der Waals surface area contributed by atoms with Gasteiger partial charge in [-0.15, -0.1) is 0 Å². The lowest BCUT2D eigenvalue weighted by atomic mass is 10.5. The number of alkyl halides is 6. The minimum Gasteiger partial charge on any atom is -0.392 e. The smallest absolute Gasteiger partial charge is 0.392 e. The standard InChI is InChI=1S/C8F10O5/c9-1(10)3-19-5(13,14)7(17,21-3)23-8(18)6(15,16)20-4(22-8)2(11)12. The maximum Gasteiger partial charge on any atom is 0.505 e. The van der Waals surface area contributed by atoms with Gasteiger partial charge in [-0.2, -0.15) is 43.9 Å². The second-order valence-corrected chi connectivity index (χ2v) is 3.71. The van der Waals surface area contributed by atoms with Crippen LogP contribution < -0.4 is 0 Å². The maximum atomic E-state index is 13.7. The Hall–Kier alpha value is -2.06. The van der Waals surface area contributed by atoms with Crippen LogP contribution in [0.1, 0.15) is 0 Å². The molecule has 0 aromatic rings. The molecular weight excluding hydrogens is 366 g/mol. The van der Waals surface area contributed by atoms with Gasteiger partial charge in [-0.3, -0.25) is 0 Å². The highest BCUT2D eigenvalue weighted by atomic mass is 19.3. The Bertz CT molecular complexity index is 532. The highest BCUT2D eigenvalue weighted by Gasteiger charge is 2.80. The molecule has 2 atom stereocenters. The van der Waals surface area contributed by atoms with Crippen molar-refractivity contribution in [3.63, 3.8) is 0 Å². The minimum absolute atomic E-state index is 2.52. The summed E-state index contributed by atoms with van der Waals surface area (Å²) in [6.45, 7) is 0.